The molecule has 6 heteroatoms. The molecule has 0 aromatic rings. The molecule has 1 N–H and O–H groups in total. The summed E-state index contributed by atoms with van der Waals surface area (Å²) in [5, 5.41) is 0.330. The molecule has 0 saturated carbocycles. The number of nitrogens with zero attached hydrogens (tertiary/aromatic N) is 2. The van der Waals surface area contributed by atoms with Crippen molar-refractivity contribution in [1.82, 2.24) is 9.21 Å². The van der Waals surface area contributed by atoms with Gasteiger partial charge in [0.15, 0.2) is 0 Å². The average molecular weight is 277 g/mol. The van der Waals surface area contributed by atoms with Crippen LogP contribution in [0.1, 0.15) is 26.2 Å². The number of likely N-dealkylation sites (tertiary alicyclic amines) is 1. The van der Waals surface area contributed by atoms with Gasteiger partial charge in [-0.1, -0.05) is 0 Å². The lowest BCUT2D eigenvalue weighted by Gasteiger charge is -2.40. The number of nitrogens with one attached hydrogen (secondary N) is 1. The van der Waals surface area contributed by atoms with Crippen molar-refractivity contribution >= 4 is 22.5 Å². The number of thiol groups is 1. The minimum atomic E-state index is -2.50. The second-order valence-electron chi connectivity index (χ2n) is 5.58. The van der Waals surface area contributed by atoms with Crippen molar-refractivity contribution in [3.05, 3.63) is 0 Å². The first kappa shape index (κ1) is 13.6. The molecule has 1 spiro atoms. The average Bonchev–Trinajstić information content (AvgIpc) is 2.62. The number of rotatable bonds is 2. The largest absolute Gasteiger partial charge is 0.292 e. The van der Waals surface area contributed by atoms with Crippen LogP contribution in [-0.4, -0.2) is 51.2 Å². The Morgan fingerprint density at radius 3 is 2.24 bits per heavy atom. The van der Waals surface area contributed by atoms with Crippen LogP contribution in [-0.2, 0) is 9.92 Å². The van der Waals surface area contributed by atoms with Crippen molar-refractivity contribution in [1.29, 1.82) is 4.78 Å². The van der Waals surface area contributed by atoms with Gasteiger partial charge in [-0.05, 0) is 44.7 Å². The Labute approximate surface area is 110 Å². The normalized spacial score (nSPS) is 31.5. The zero-order valence-corrected chi connectivity index (χ0v) is 12.4. The monoisotopic (exact) mass is 277 g/mol. The van der Waals surface area contributed by atoms with E-state index >= 15 is 0 Å². The van der Waals surface area contributed by atoms with Gasteiger partial charge in [0, 0.05) is 24.7 Å². The highest BCUT2D eigenvalue weighted by Crippen LogP contribution is 2.41. The second kappa shape index (κ2) is 4.72. The predicted octanol–water partition coefficient (Wildman–Crippen LogP) is 1.64. The van der Waals surface area contributed by atoms with Gasteiger partial charge < -0.3 is 0 Å². The fourth-order valence-electron chi connectivity index (χ4n) is 2.97. The molecule has 0 radical (unpaired) electrons. The lowest BCUT2D eigenvalue weighted by Crippen LogP contribution is -2.44. The molecule has 2 heterocycles. The van der Waals surface area contributed by atoms with Crippen molar-refractivity contribution in [2.45, 2.75) is 31.6 Å². The van der Waals surface area contributed by atoms with Crippen LogP contribution >= 0.6 is 12.6 Å². The Kier molecular flexibility index (Phi) is 3.79. The molecule has 2 fully saturated rings. The summed E-state index contributed by atoms with van der Waals surface area (Å²) in [5.74, 6) is 0. The van der Waals surface area contributed by atoms with Gasteiger partial charge in [0.25, 0.3) is 0 Å². The van der Waals surface area contributed by atoms with Gasteiger partial charge >= 0.3 is 0 Å². The molecular weight excluding hydrogens is 254 g/mol. The number of hydrogen-bond donors (Lipinski definition) is 2. The highest BCUT2D eigenvalue weighted by atomic mass is 32.2. The standard InChI is InChI=1S/C11H23N3OS2/c1-10(16)13-6-3-11(4-7-13)5-8-14(9-11)17(2,12)15/h10,12,16H,3-9H2,1-2H3. The van der Waals surface area contributed by atoms with Crippen molar-refractivity contribution < 1.29 is 4.21 Å². The van der Waals surface area contributed by atoms with Gasteiger partial charge in [-0.25, -0.2) is 13.3 Å². The van der Waals surface area contributed by atoms with Crippen LogP contribution < -0.4 is 0 Å². The Balaban J connectivity index is 1.97. The zero-order valence-electron chi connectivity index (χ0n) is 10.7. The summed E-state index contributed by atoms with van der Waals surface area (Å²) >= 11 is 4.48. The quantitative estimate of drug-likeness (QED) is 0.754. The lowest BCUT2D eigenvalue weighted by atomic mass is 9.78. The van der Waals surface area contributed by atoms with E-state index in [0.29, 0.717) is 10.8 Å². The molecule has 0 aromatic heterocycles. The summed E-state index contributed by atoms with van der Waals surface area (Å²) in [7, 11) is -2.50. The predicted molar refractivity (Wildman–Crippen MR) is 74.7 cm³/mol. The summed E-state index contributed by atoms with van der Waals surface area (Å²) in [6.45, 7) is 5.96. The molecule has 2 unspecified atom stereocenters. The smallest absolute Gasteiger partial charge is 0.104 e. The number of hydrogen-bond acceptors (Lipinski definition) is 4. The topological polar surface area (TPSA) is 47.4 Å². The Bertz CT molecular complexity index is 372. The minimum absolute atomic E-state index is 0.318. The molecule has 0 amide bonds. The van der Waals surface area contributed by atoms with Crippen molar-refractivity contribution in [3.8, 4) is 0 Å². The first-order valence-electron chi connectivity index (χ1n) is 6.23. The van der Waals surface area contributed by atoms with E-state index in [0.717, 1.165) is 45.4 Å². The zero-order chi connectivity index (χ0) is 12.7. The third-order valence-corrected chi connectivity index (χ3v) is 5.91. The van der Waals surface area contributed by atoms with Gasteiger partial charge in [0.2, 0.25) is 0 Å². The molecule has 0 aromatic carbocycles. The molecule has 17 heavy (non-hydrogen) atoms. The molecule has 4 nitrogen and oxygen atoms in total. The first-order valence-corrected chi connectivity index (χ1v) is 8.67. The van der Waals surface area contributed by atoms with Crippen LogP contribution in [0.4, 0.5) is 0 Å². The summed E-state index contributed by atoms with van der Waals surface area (Å²) in [6, 6.07) is 0. The van der Waals surface area contributed by atoms with Crippen LogP contribution in [0.15, 0.2) is 0 Å². The molecule has 2 aliphatic rings. The van der Waals surface area contributed by atoms with Gasteiger partial charge in [0.1, 0.15) is 9.92 Å². The Hall–Kier alpha value is 0.220. The van der Waals surface area contributed by atoms with Crippen LogP contribution in [0.5, 0.6) is 0 Å². The molecule has 0 bridgehead atoms. The highest BCUT2D eigenvalue weighted by Gasteiger charge is 2.42. The number of piperidine rings is 1. The van der Waals surface area contributed by atoms with Gasteiger partial charge in [0.05, 0.1) is 0 Å². The third-order valence-electron chi connectivity index (χ3n) is 4.28. The van der Waals surface area contributed by atoms with Crippen molar-refractivity contribution in [2.75, 3.05) is 32.4 Å². The van der Waals surface area contributed by atoms with Gasteiger partial charge in [-0.2, -0.15) is 12.6 Å². The lowest BCUT2D eigenvalue weighted by molar-refractivity contribution is 0.111. The highest BCUT2D eigenvalue weighted by molar-refractivity contribution is 7.89. The van der Waals surface area contributed by atoms with E-state index in [-0.39, 0.29) is 0 Å². The Morgan fingerprint density at radius 2 is 1.82 bits per heavy atom. The Morgan fingerprint density at radius 1 is 1.29 bits per heavy atom. The van der Waals surface area contributed by atoms with Crippen molar-refractivity contribution in [3.63, 3.8) is 0 Å². The molecule has 100 valence electrons. The summed E-state index contributed by atoms with van der Waals surface area (Å²) in [5.41, 5.74) is 0.318. The van der Waals surface area contributed by atoms with E-state index in [2.05, 4.69) is 24.5 Å². The maximum atomic E-state index is 11.8. The van der Waals surface area contributed by atoms with Crippen molar-refractivity contribution in [2.24, 2.45) is 5.41 Å². The summed E-state index contributed by atoms with van der Waals surface area (Å²) < 4.78 is 21.3. The van der Waals surface area contributed by atoms with Gasteiger partial charge in [-0.3, -0.25) is 4.90 Å². The molecule has 2 rings (SSSR count). The van der Waals surface area contributed by atoms with Gasteiger partial charge in [-0.15, -0.1) is 0 Å². The van der Waals surface area contributed by atoms with E-state index in [1.807, 2.05) is 4.31 Å². The minimum Gasteiger partial charge on any atom is -0.292 e. The van der Waals surface area contributed by atoms with E-state index in [9.17, 15) is 4.21 Å². The SMILES string of the molecule is CC(S)N1CCC2(CC1)CCN(S(C)(=N)=O)C2. The molecule has 0 aliphatic carbocycles. The molecular formula is C11H23N3OS2. The molecule has 2 atom stereocenters. The third kappa shape index (κ3) is 2.97. The maximum absolute atomic E-state index is 11.8. The van der Waals surface area contributed by atoms with E-state index in [1.54, 1.807) is 0 Å². The van der Waals surface area contributed by atoms with Crippen LogP contribution in [0.2, 0.25) is 0 Å². The summed E-state index contributed by atoms with van der Waals surface area (Å²) in [4.78, 5) is 2.39. The van der Waals surface area contributed by atoms with E-state index < -0.39 is 9.92 Å². The van der Waals surface area contributed by atoms with E-state index in [4.69, 9.17) is 4.78 Å². The van der Waals surface area contributed by atoms with Crippen LogP contribution in [0.3, 0.4) is 0 Å². The van der Waals surface area contributed by atoms with E-state index in [1.165, 1.54) is 6.26 Å². The first-order chi connectivity index (χ1) is 7.82. The second-order valence-corrected chi connectivity index (χ2v) is 8.45. The molecule has 2 aliphatic heterocycles. The fraction of sp³-hybridized carbons (Fsp3) is 1.00. The maximum Gasteiger partial charge on any atom is 0.104 e. The summed E-state index contributed by atoms with van der Waals surface area (Å²) in [6.07, 6.45) is 4.95. The van der Waals surface area contributed by atoms with Crippen LogP contribution in [0, 0.1) is 10.2 Å². The van der Waals surface area contributed by atoms with Crippen LogP contribution in [0.25, 0.3) is 0 Å². The fourth-order valence-corrected chi connectivity index (χ4v) is 4.16. The molecule has 2 saturated heterocycles.